The van der Waals surface area contributed by atoms with E-state index < -0.39 is 5.97 Å². The molecule has 1 amide bonds. The molecule has 5 nitrogen and oxygen atoms in total. The van der Waals surface area contributed by atoms with E-state index in [0.717, 1.165) is 19.4 Å². The number of rotatable bonds is 3. The zero-order chi connectivity index (χ0) is 15.4. The second kappa shape index (κ2) is 6.91. The fraction of sp³-hybridized carbons (Fsp3) is 0.467. The Morgan fingerprint density at radius 2 is 2.19 bits per heavy atom. The quantitative estimate of drug-likeness (QED) is 0.842. The number of piperidine rings is 1. The normalized spacial score (nSPS) is 21.7. The fourth-order valence-corrected chi connectivity index (χ4v) is 2.61. The number of methoxy groups -OCH3 is 1. The van der Waals surface area contributed by atoms with E-state index in [4.69, 9.17) is 16.3 Å². The number of hydrogen-bond donors (Lipinski definition) is 2. The molecule has 1 aromatic carbocycles. The summed E-state index contributed by atoms with van der Waals surface area (Å²) in [5.41, 5.74) is 0.665. The van der Waals surface area contributed by atoms with E-state index in [9.17, 15) is 9.59 Å². The van der Waals surface area contributed by atoms with E-state index in [2.05, 4.69) is 17.6 Å². The second-order valence-electron chi connectivity index (χ2n) is 5.31. The number of amides is 1. The van der Waals surface area contributed by atoms with Crippen molar-refractivity contribution in [2.45, 2.75) is 25.8 Å². The lowest BCUT2D eigenvalue weighted by Gasteiger charge is -2.27. The highest BCUT2D eigenvalue weighted by atomic mass is 35.5. The fourth-order valence-electron chi connectivity index (χ4n) is 2.43. The van der Waals surface area contributed by atoms with Gasteiger partial charge in [0, 0.05) is 5.02 Å². The molecule has 114 valence electrons. The van der Waals surface area contributed by atoms with Crippen molar-refractivity contribution < 1.29 is 14.3 Å². The maximum absolute atomic E-state index is 12.3. The van der Waals surface area contributed by atoms with Crippen LogP contribution in [0.4, 0.5) is 5.69 Å². The molecule has 2 rings (SSSR count). The van der Waals surface area contributed by atoms with Gasteiger partial charge in [0.15, 0.2) is 0 Å². The zero-order valence-corrected chi connectivity index (χ0v) is 12.9. The van der Waals surface area contributed by atoms with Gasteiger partial charge in [-0.2, -0.15) is 0 Å². The third kappa shape index (κ3) is 3.95. The van der Waals surface area contributed by atoms with Crippen molar-refractivity contribution in [1.82, 2.24) is 5.32 Å². The van der Waals surface area contributed by atoms with Crippen LogP contribution in [0.2, 0.25) is 5.02 Å². The van der Waals surface area contributed by atoms with Gasteiger partial charge in [-0.15, -0.1) is 0 Å². The van der Waals surface area contributed by atoms with Crippen LogP contribution < -0.4 is 10.6 Å². The number of carbonyl (C=O) groups excluding carboxylic acids is 2. The molecule has 1 aliphatic rings. The molecule has 1 aromatic rings. The first kappa shape index (κ1) is 15.8. The highest BCUT2D eigenvalue weighted by molar-refractivity contribution is 6.31. The number of benzene rings is 1. The summed E-state index contributed by atoms with van der Waals surface area (Å²) >= 11 is 5.94. The molecule has 21 heavy (non-hydrogen) atoms. The summed E-state index contributed by atoms with van der Waals surface area (Å²) in [6, 6.07) is 4.43. The van der Waals surface area contributed by atoms with E-state index in [1.807, 2.05) is 0 Å². The molecule has 1 fully saturated rings. The van der Waals surface area contributed by atoms with Crippen molar-refractivity contribution in [2.24, 2.45) is 5.92 Å². The molecular weight excluding hydrogens is 292 g/mol. The van der Waals surface area contributed by atoms with Crippen LogP contribution in [0.1, 0.15) is 30.1 Å². The monoisotopic (exact) mass is 310 g/mol. The molecule has 0 aliphatic carbocycles. The van der Waals surface area contributed by atoms with Crippen molar-refractivity contribution in [1.29, 1.82) is 0 Å². The molecule has 0 saturated carbocycles. The number of anilines is 1. The number of esters is 1. The minimum atomic E-state index is -0.507. The highest BCUT2D eigenvalue weighted by Gasteiger charge is 2.25. The van der Waals surface area contributed by atoms with E-state index in [1.165, 1.54) is 7.11 Å². The summed E-state index contributed by atoms with van der Waals surface area (Å²) in [4.78, 5) is 24.0. The van der Waals surface area contributed by atoms with Crippen molar-refractivity contribution in [2.75, 3.05) is 19.0 Å². The number of hydrogen-bond acceptors (Lipinski definition) is 4. The van der Waals surface area contributed by atoms with Crippen LogP contribution in [0.3, 0.4) is 0 Å². The number of ether oxygens (including phenoxy) is 1. The van der Waals surface area contributed by atoms with E-state index >= 15 is 0 Å². The topological polar surface area (TPSA) is 67.4 Å². The van der Waals surface area contributed by atoms with Crippen molar-refractivity contribution in [3.8, 4) is 0 Å². The predicted octanol–water partition coefficient (Wildman–Crippen LogP) is 2.45. The lowest BCUT2D eigenvalue weighted by molar-refractivity contribution is -0.119. The van der Waals surface area contributed by atoms with Crippen LogP contribution in [-0.2, 0) is 9.53 Å². The van der Waals surface area contributed by atoms with Crippen LogP contribution in [-0.4, -0.2) is 31.6 Å². The molecule has 1 aliphatic heterocycles. The average Bonchev–Trinajstić information content (AvgIpc) is 2.46. The van der Waals surface area contributed by atoms with Crippen molar-refractivity contribution >= 4 is 29.2 Å². The van der Waals surface area contributed by atoms with E-state index in [-0.39, 0.29) is 11.9 Å². The first-order valence-corrected chi connectivity index (χ1v) is 7.31. The van der Waals surface area contributed by atoms with Gasteiger partial charge in [0.05, 0.1) is 24.4 Å². The Labute approximate surface area is 129 Å². The standard InChI is InChI=1S/C15H19ClN2O3/c1-9-5-6-17-13(7-9)14(19)18-12-8-10(16)3-4-11(12)15(20)21-2/h3-4,8-9,13,17H,5-7H2,1-2H3,(H,18,19). The Morgan fingerprint density at radius 3 is 2.86 bits per heavy atom. The largest absolute Gasteiger partial charge is 0.465 e. The molecule has 1 saturated heterocycles. The summed E-state index contributed by atoms with van der Waals surface area (Å²) in [6.07, 6.45) is 1.84. The molecule has 0 aromatic heterocycles. The molecule has 6 heteroatoms. The highest BCUT2D eigenvalue weighted by Crippen LogP contribution is 2.23. The molecule has 2 unspecified atom stereocenters. The van der Waals surface area contributed by atoms with E-state index in [0.29, 0.717) is 22.2 Å². The van der Waals surface area contributed by atoms with Crippen molar-refractivity contribution in [3.63, 3.8) is 0 Å². The smallest absolute Gasteiger partial charge is 0.339 e. The average molecular weight is 311 g/mol. The minimum Gasteiger partial charge on any atom is -0.465 e. The van der Waals surface area contributed by atoms with E-state index in [1.54, 1.807) is 18.2 Å². The SMILES string of the molecule is COC(=O)c1ccc(Cl)cc1NC(=O)C1CC(C)CCN1. The lowest BCUT2D eigenvalue weighted by Crippen LogP contribution is -2.45. The lowest BCUT2D eigenvalue weighted by atomic mass is 9.94. The Hall–Kier alpha value is -1.59. The van der Waals surface area contributed by atoms with Crippen molar-refractivity contribution in [3.05, 3.63) is 28.8 Å². The Morgan fingerprint density at radius 1 is 1.43 bits per heavy atom. The van der Waals surface area contributed by atoms with Crippen LogP contribution in [0.5, 0.6) is 0 Å². The third-order valence-electron chi connectivity index (χ3n) is 3.63. The van der Waals surface area contributed by atoms with Gasteiger partial charge in [-0.1, -0.05) is 18.5 Å². The molecule has 0 radical (unpaired) electrons. The van der Waals surface area contributed by atoms with Gasteiger partial charge in [-0.3, -0.25) is 4.79 Å². The first-order chi connectivity index (χ1) is 10.0. The molecule has 2 N–H and O–H groups in total. The molecule has 0 spiro atoms. The Kier molecular flexibility index (Phi) is 5.20. The minimum absolute atomic E-state index is 0.158. The van der Waals surface area contributed by atoms with Gasteiger partial charge < -0.3 is 15.4 Å². The zero-order valence-electron chi connectivity index (χ0n) is 12.1. The van der Waals surface area contributed by atoms with Crippen LogP contribution in [0.15, 0.2) is 18.2 Å². The molecule has 1 heterocycles. The molecule has 2 atom stereocenters. The van der Waals surface area contributed by atoms with Gasteiger partial charge >= 0.3 is 5.97 Å². The van der Waals surface area contributed by atoms with Gasteiger partial charge in [-0.25, -0.2) is 4.79 Å². The summed E-state index contributed by atoms with van der Waals surface area (Å²) < 4.78 is 4.71. The number of nitrogens with one attached hydrogen (secondary N) is 2. The number of carbonyl (C=O) groups is 2. The second-order valence-corrected chi connectivity index (χ2v) is 5.74. The van der Waals surface area contributed by atoms with Crippen LogP contribution in [0.25, 0.3) is 0 Å². The Balaban J connectivity index is 2.16. The maximum atomic E-state index is 12.3. The van der Waals surface area contributed by atoms with Crippen LogP contribution in [0, 0.1) is 5.92 Å². The van der Waals surface area contributed by atoms with Gasteiger partial charge in [-0.05, 0) is 43.5 Å². The summed E-state index contributed by atoms with van der Waals surface area (Å²) in [5, 5.41) is 6.40. The Bertz CT molecular complexity index is 548. The molecular formula is C15H19ClN2O3. The van der Waals surface area contributed by atoms with Gasteiger partial charge in [0.25, 0.3) is 0 Å². The number of halogens is 1. The van der Waals surface area contributed by atoms with Crippen LogP contribution >= 0.6 is 11.6 Å². The predicted molar refractivity (Wildman–Crippen MR) is 81.6 cm³/mol. The summed E-state index contributed by atoms with van der Waals surface area (Å²) in [6.45, 7) is 2.94. The maximum Gasteiger partial charge on any atom is 0.339 e. The van der Waals surface area contributed by atoms with Gasteiger partial charge in [0.2, 0.25) is 5.91 Å². The third-order valence-corrected chi connectivity index (χ3v) is 3.86. The molecule has 0 bridgehead atoms. The summed E-state index contributed by atoms with van der Waals surface area (Å²) in [7, 11) is 1.30. The first-order valence-electron chi connectivity index (χ1n) is 6.93. The summed E-state index contributed by atoms with van der Waals surface area (Å²) in [5.74, 6) is -0.164. The van der Waals surface area contributed by atoms with Gasteiger partial charge in [0.1, 0.15) is 0 Å².